The van der Waals surface area contributed by atoms with Crippen molar-refractivity contribution in [2.75, 3.05) is 32.8 Å². The molecule has 0 saturated heterocycles. The summed E-state index contributed by atoms with van der Waals surface area (Å²) in [6.07, 6.45) is 23.2. The average Bonchev–Trinajstić information content (AvgIpc) is 2.95. The van der Waals surface area contributed by atoms with Crippen LogP contribution in [0.4, 0.5) is 0 Å². The van der Waals surface area contributed by atoms with Gasteiger partial charge in [0.2, 0.25) is 0 Å². The van der Waals surface area contributed by atoms with E-state index < -0.39 is 0 Å². The highest BCUT2D eigenvalue weighted by Gasteiger charge is 2.20. The molecule has 0 spiro atoms. The number of nitrogens with zero attached hydrogens (tertiary/aromatic N) is 1. The van der Waals surface area contributed by atoms with Crippen molar-refractivity contribution in [1.82, 2.24) is 4.90 Å². The Labute approximate surface area is 249 Å². The Balaban J connectivity index is 4.22. The zero-order valence-electron chi connectivity index (χ0n) is 27.6. The Bertz CT molecular complexity index is 522. The smallest absolute Gasteiger partial charge is 0.308 e. The summed E-state index contributed by atoms with van der Waals surface area (Å²) in [6, 6.07) is 0. The third kappa shape index (κ3) is 22.6. The number of unbranched alkanes of at least 4 members (excludes halogenated alkanes) is 10. The summed E-state index contributed by atoms with van der Waals surface area (Å²) in [4.78, 5) is 27.8. The van der Waals surface area contributed by atoms with Gasteiger partial charge < -0.3 is 14.4 Å². The molecule has 0 aliphatic rings. The summed E-state index contributed by atoms with van der Waals surface area (Å²) in [5.74, 6) is 0.238. The quantitative estimate of drug-likeness (QED) is 0.0638. The summed E-state index contributed by atoms with van der Waals surface area (Å²) in [5, 5.41) is 0. The second-order valence-electron chi connectivity index (χ2n) is 12.0. The van der Waals surface area contributed by atoms with Crippen molar-refractivity contribution in [2.45, 2.75) is 169 Å². The highest BCUT2D eigenvalue weighted by atomic mass is 16.5. The Morgan fingerprint density at radius 1 is 0.450 bits per heavy atom. The first kappa shape index (κ1) is 38.9. The number of ether oxygens (including phenoxy) is 2. The fraction of sp³-hybridized carbons (Fsp3) is 0.943. The van der Waals surface area contributed by atoms with E-state index in [2.05, 4.69) is 39.5 Å². The third-order valence-electron chi connectivity index (χ3n) is 8.06. The van der Waals surface area contributed by atoms with Gasteiger partial charge in [-0.15, -0.1) is 0 Å². The van der Waals surface area contributed by atoms with Gasteiger partial charge in [-0.25, -0.2) is 0 Å². The van der Waals surface area contributed by atoms with Crippen LogP contribution in [-0.2, 0) is 19.1 Å². The molecule has 0 fully saturated rings. The van der Waals surface area contributed by atoms with Crippen LogP contribution < -0.4 is 0 Å². The van der Waals surface area contributed by atoms with E-state index in [1.807, 2.05) is 0 Å². The van der Waals surface area contributed by atoms with Crippen molar-refractivity contribution in [3.05, 3.63) is 0 Å². The molecule has 0 aliphatic carbocycles. The van der Waals surface area contributed by atoms with E-state index in [-0.39, 0.29) is 23.8 Å². The van der Waals surface area contributed by atoms with Crippen molar-refractivity contribution in [1.29, 1.82) is 0 Å². The highest BCUT2D eigenvalue weighted by molar-refractivity contribution is 5.72. The maximum absolute atomic E-state index is 12.7. The van der Waals surface area contributed by atoms with E-state index in [1.54, 1.807) is 0 Å². The largest absolute Gasteiger partial charge is 0.465 e. The third-order valence-corrected chi connectivity index (χ3v) is 8.06. The normalized spacial score (nSPS) is 12.9. The van der Waals surface area contributed by atoms with Gasteiger partial charge in [0.15, 0.2) is 0 Å². The van der Waals surface area contributed by atoms with Crippen LogP contribution in [0.3, 0.4) is 0 Å². The van der Waals surface area contributed by atoms with Gasteiger partial charge in [-0.2, -0.15) is 0 Å². The first-order valence-electron chi connectivity index (χ1n) is 17.6. The summed E-state index contributed by atoms with van der Waals surface area (Å²) >= 11 is 0. The lowest BCUT2D eigenvalue weighted by molar-refractivity contribution is -0.150. The minimum Gasteiger partial charge on any atom is -0.465 e. The van der Waals surface area contributed by atoms with Crippen LogP contribution in [0, 0.1) is 11.8 Å². The predicted octanol–water partition coefficient (Wildman–Crippen LogP) is 9.90. The van der Waals surface area contributed by atoms with Crippen LogP contribution in [-0.4, -0.2) is 49.7 Å². The second-order valence-corrected chi connectivity index (χ2v) is 12.0. The number of carbonyl (C=O) groups excluding carboxylic acids is 2. The van der Waals surface area contributed by atoms with Crippen molar-refractivity contribution < 1.29 is 19.1 Å². The summed E-state index contributed by atoms with van der Waals surface area (Å²) in [7, 11) is 0. The molecule has 0 aromatic heterocycles. The lowest BCUT2D eigenvalue weighted by Crippen LogP contribution is -2.27. The molecule has 0 amide bonds. The van der Waals surface area contributed by atoms with E-state index in [9.17, 15) is 9.59 Å². The predicted molar refractivity (Wildman–Crippen MR) is 171 cm³/mol. The monoisotopic (exact) mass is 568 g/mol. The van der Waals surface area contributed by atoms with E-state index >= 15 is 0 Å². The van der Waals surface area contributed by atoms with Gasteiger partial charge >= 0.3 is 11.9 Å². The van der Waals surface area contributed by atoms with Crippen molar-refractivity contribution in [2.24, 2.45) is 11.8 Å². The molecule has 0 N–H and O–H groups in total. The van der Waals surface area contributed by atoms with Crippen LogP contribution in [0.15, 0.2) is 0 Å². The van der Waals surface area contributed by atoms with E-state index in [1.165, 1.54) is 38.5 Å². The van der Waals surface area contributed by atoms with Crippen molar-refractivity contribution >= 4 is 11.9 Å². The number of hydrogen-bond donors (Lipinski definition) is 0. The molecule has 0 heterocycles. The molecule has 5 heteroatoms. The molecule has 0 rings (SSSR count). The van der Waals surface area contributed by atoms with Crippen LogP contribution in [0.5, 0.6) is 0 Å². The standard InChI is InChI=1S/C35H69NO4/c1-6-11-15-17-25-32(23-13-8-3)34(37)39-30-21-19-28-36(27-10-5)29-20-22-31-40-35(38)33(24-14-9-4)26-18-16-12-7-2/h32-33H,6-31H2,1-5H3. The summed E-state index contributed by atoms with van der Waals surface area (Å²) in [6.45, 7) is 15.3. The van der Waals surface area contributed by atoms with Crippen molar-refractivity contribution in [3.8, 4) is 0 Å². The van der Waals surface area contributed by atoms with Crippen LogP contribution in [0.2, 0.25) is 0 Å². The zero-order valence-corrected chi connectivity index (χ0v) is 27.6. The lowest BCUT2D eigenvalue weighted by Gasteiger charge is -2.22. The van der Waals surface area contributed by atoms with Gasteiger partial charge in [0.1, 0.15) is 0 Å². The molecule has 2 atom stereocenters. The number of hydrogen-bond acceptors (Lipinski definition) is 5. The molecule has 2 unspecified atom stereocenters. The summed E-state index contributed by atoms with van der Waals surface area (Å²) in [5.41, 5.74) is 0. The average molecular weight is 568 g/mol. The molecule has 5 nitrogen and oxygen atoms in total. The first-order valence-corrected chi connectivity index (χ1v) is 17.6. The molecular formula is C35H69NO4. The molecule has 0 aromatic rings. The molecule has 0 aromatic carbocycles. The van der Waals surface area contributed by atoms with Gasteiger partial charge in [-0.3, -0.25) is 9.59 Å². The number of rotatable bonds is 30. The maximum atomic E-state index is 12.7. The van der Waals surface area contributed by atoms with Crippen molar-refractivity contribution in [3.63, 3.8) is 0 Å². The minimum atomic E-state index is 0.0304. The SMILES string of the molecule is CCCCCCC(CCCC)C(=O)OCCCCN(CCC)CCCCOC(=O)C(CCCC)CCCCCC. The van der Waals surface area contributed by atoms with E-state index in [4.69, 9.17) is 9.47 Å². The zero-order chi connectivity index (χ0) is 29.7. The molecule has 0 radical (unpaired) electrons. The molecule has 40 heavy (non-hydrogen) atoms. The number of carbonyl (C=O) groups is 2. The fourth-order valence-electron chi connectivity index (χ4n) is 5.40. The van der Waals surface area contributed by atoms with Gasteiger partial charge in [-0.1, -0.05) is 112 Å². The second kappa shape index (κ2) is 29.4. The molecule has 0 saturated carbocycles. The Kier molecular flexibility index (Phi) is 28.6. The Hall–Kier alpha value is -1.10. The topological polar surface area (TPSA) is 55.8 Å². The van der Waals surface area contributed by atoms with Gasteiger partial charge in [-0.05, 0) is 77.4 Å². The summed E-state index contributed by atoms with van der Waals surface area (Å²) < 4.78 is 11.4. The molecular weight excluding hydrogens is 498 g/mol. The molecule has 238 valence electrons. The van der Waals surface area contributed by atoms with E-state index in [0.717, 1.165) is 116 Å². The lowest BCUT2D eigenvalue weighted by atomic mass is 9.95. The van der Waals surface area contributed by atoms with Crippen LogP contribution >= 0.6 is 0 Å². The van der Waals surface area contributed by atoms with E-state index in [0.29, 0.717) is 13.2 Å². The van der Waals surface area contributed by atoms with Gasteiger partial charge in [0, 0.05) is 0 Å². The van der Waals surface area contributed by atoms with Crippen LogP contribution in [0.25, 0.3) is 0 Å². The maximum Gasteiger partial charge on any atom is 0.308 e. The van der Waals surface area contributed by atoms with Gasteiger partial charge in [0.25, 0.3) is 0 Å². The Morgan fingerprint density at radius 2 is 0.850 bits per heavy atom. The highest BCUT2D eigenvalue weighted by Crippen LogP contribution is 2.20. The van der Waals surface area contributed by atoms with Crippen LogP contribution in [0.1, 0.15) is 169 Å². The Morgan fingerprint density at radius 3 is 1.23 bits per heavy atom. The minimum absolute atomic E-state index is 0.0304. The molecule has 0 aliphatic heterocycles. The fourth-order valence-corrected chi connectivity index (χ4v) is 5.40. The number of esters is 2. The molecule has 0 bridgehead atoms. The first-order chi connectivity index (χ1) is 19.5. The van der Waals surface area contributed by atoms with Gasteiger partial charge in [0.05, 0.1) is 25.0 Å².